The third-order valence-electron chi connectivity index (χ3n) is 3.80. The Morgan fingerprint density at radius 2 is 2.25 bits per heavy atom. The van der Waals surface area contributed by atoms with Crippen molar-refractivity contribution in [3.63, 3.8) is 0 Å². The van der Waals surface area contributed by atoms with E-state index in [-0.39, 0.29) is 17.9 Å². The number of hydrogen-bond donors (Lipinski definition) is 2. The molecule has 0 saturated carbocycles. The van der Waals surface area contributed by atoms with Crippen LogP contribution in [0.2, 0.25) is 0 Å². The van der Waals surface area contributed by atoms with Gasteiger partial charge >= 0.3 is 0 Å². The molecule has 2 saturated heterocycles. The number of piperidine rings is 1. The lowest BCUT2D eigenvalue weighted by Crippen LogP contribution is -2.51. The maximum Gasteiger partial charge on any atom is 0.227 e. The molecule has 0 spiro atoms. The van der Waals surface area contributed by atoms with Gasteiger partial charge in [-0.1, -0.05) is 0 Å². The Labute approximate surface area is 97.0 Å². The Balaban J connectivity index is 2.01. The van der Waals surface area contributed by atoms with Crippen LogP contribution in [0.25, 0.3) is 0 Å². The lowest BCUT2D eigenvalue weighted by molar-refractivity contribution is -0.141. The Hall–Kier alpha value is -0.610. The molecule has 0 aromatic heterocycles. The van der Waals surface area contributed by atoms with Crippen molar-refractivity contribution >= 4 is 5.91 Å². The number of aliphatic hydroxyl groups is 1. The summed E-state index contributed by atoms with van der Waals surface area (Å²) in [6, 6.07) is 0.0434. The maximum atomic E-state index is 12.3. The van der Waals surface area contributed by atoms with E-state index in [1.54, 1.807) is 6.92 Å². The van der Waals surface area contributed by atoms with Crippen LogP contribution >= 0.6 is 0 Å². The van der Waals surface area contributed by atoms with Crippen molar-refractivity contribution in [2.45, 2.75) is 44.8 Å². The van der Waals surface area contributed by atoms with Crippen molar-refractivity contribution in [1.29, 1.82) is 0 Å². The molecule has 4 heteroatoms. The van der Waals surface area contributed by atoms with Crippen molar-refractivity contribution in [2.75, 3.05) is 19.6 Å². The molecule has 3 atom stereocenters. The molecule has 2 N–H and O–H groups in total. The molecule has 2 aliphatic heterocycles. The lowest BCUT2D eigenvalue weighted by Gasteiger charge is -2.38. The number of amides is 1. The standard InChI is InChI=1S/C12H22N2O2/c1-9(15)11-4-2-3-7-14(11)12(16)10-5-6-13-8-10/h9-11,13,15H,2-8H2,1H3/t9-,10-,11-/m0/s1. The van der Waals surface area contributed by atoms with E-state index in [0.717, 1.165) is 45.3 Å². The molecule has 0 aliphatic carbocycles. The predicted octanol–water partition coefficient (Wildman–Crippen LogP) is 0.358. The molecule has 0 bridgehead atoms. The minimum absolute atomic E-state index is 0.0434. The Bertz CT molecular complexity index is 249. The third kappa shape index (κ3) is 2.38. The summed E-state index contributed by atoms with van der Waals surface area (Å²) in [5, 5.41) is 13.0. The van der Waals surface area contributed by atoms with Gasteiger partial charge in [0.25, 0.3) is 0 Å². The van der Waals surface area contributed by atoms with E-state index in [1.807, 2.05) is 4.90 Å². The molecule has 92 valence electrons. The summed E-state index contributed by atoms with van der Waals surface area (Å²) >= 11 is 0. The monoisotopic (exact) mass is 226 g/mol. The normalized spacial score (nSPS) is 32.8. The average Bonchev–Trinajstić information content (AvgIpc) is 2.81. The number of carbonyl (C=O) groups excluding carboxylic acids is 1. The van der Waals surface area contributed by atoms with Crippen molar-refractivity contribution < 1.29 is 9.90 Å². The van der Waals surface area contributed by atoms with E-state index in [4.69, 9.17) is 0 Å². The van der Waals surface area contributed by atoms with E-state index in [2.05, 4.69) is 5.32 Å². The van der Waals surface area contributed by atoms with Gasteiger partial charge in [-0.05, 0) is 39.2 Å². The van der Waals surface area contributed by atoms with E-state index < -0.39 is 6.10 Å². The highest BCUT2D eigenvalue weighted by Gasteiger charge is 2.34. The first-order valence-electron chi connectivity index (χ1n) is 6.39. The summed E-state index contributed by atoms with van der Waals surface area (Å²) in [6.07, 6.45) is 3.70. The molecular weight excluding hydrogens is 204 g/mol. The largest absolute Gasteiger partial charge is 0.391 e. The van der Waals surface area contributed by atoms with Crippen LogP contribution < -0.4 is 5.32 Å². The first-order valence-corrected chi connectivity index (χ1v) is 6.39. The fourth-order valence-electron chi connectivity index (χ4n) is 2.83. The van der Waals surface area contributed by atoms with Gasteiger partial charge in [-0.15, -0.1) is 0 Å². The van der Waals surface area contributed by atoms with Gasteiger partial charge in [0, 0.05) is 13.1 Å². The molecule has 0 aromatic carbocycles. The number of rotatable bonds is 2. The van der Waals surface area contributed by atoms with Gasteiger partial charge in [0.2, 0.25) is 5.91 Å². The van der Waals surface area contributed by atoms with Crippen LogP contribution in [0.4, 0.5) is 0 Å². The van der Waals surface area contributed by atoms with Crippen LogP contribution in [0.5, 0.6) is 0 Å². The molecule has 2 aliphatic rings. The van der Waals surface area contributed by atoms with Crippen LogP contribution in [-0.2, 0) is 4.79 Å². The molecule has 2 heterocycles. The van der Waals surface area contributed by atoms with Crippen molar-refractivity contribution in [3.8, 4) is 0 Å². The number of nitrogens with one attached hydrogen (secondary N) is 1. The van der Waals surface area contributed by atoms with E-state index >= 15 is 0 Å². The van der Waals surface area contributed by atoms with Crippen molar-refractivity contribution in [2.24, 2.45) is 5.92 Å². The second kappa shape index (κ2) is 5.15. The van der Waals surface area contributed by atoms with E-state index in [9.17, 15) is 9.90 Å². The van der Waals surface area contributed by atoms with Gasteiger partial charge in [-0.25, -0.2) is 0 Å². The summed E-state index contributed by atoms with van der Waals surface area (Å²) in [5.41, 5.74) is 0. The first kappa shape index (κ1) is 11.9. The van der Waals surface area contributed by atoms with Gasteiger partial charge in [-0.3, -0.25) is 4.79 Å². The number of hydrogen-bond acceptors (Lipinski definition) is 3. The molecule has 2 rings (SSSR count). The topological polar surface area (TPSA) is 52.6 Å². The molecule has 0 unspecified atom stereocenters. The summed E-state index contributed by atoms with van der Waals surface area (Å²) in [7, 11) is 0. The zero-order valence-electron chi connectivity index (χ0n) is 9.98. The van der Waals surface area contributed by atoms with Crippen LogP contribution in [0, 0.1) is 5.92 Å². The zero-order valence-corrected chi connectivity index (χ0v) is 9.98. The van der Waals surface area contributed by atoms with Crippen LogP contribution in [0.15, 0.2) is 0 Å². The number of nitrogens with zero attached hydrogens (tertiary/aromatic N) is 1. The fourth-order valence-corrected chi connectivity index (χ4v) is 2.83. The highest BCUT2D eigenvalue weighted by molar-refractivity contribution is 5.80. The summed E-state index contributed by atoms with van der Waals surface area (Å²) in [4.78, 5) is 14.2. The first-order chi connectivity index (χ1) is 7.70. The molecule has 0 radical (unpaired) electrons. The molecule has 2 fully saturated rings. The SMILES string of the molecule is C[C@H](O)[C@@H]1CCCCN1C(=O)[C@H]1CCNC1. The fraction of sp³-hybridized carbons (Fsp3) is 0.917. The van der Waals surface area contributed by atoms with Crippen molar-refractivity contribution in [1.82, 2.24) is 10.2 Å². The third-order valence-corrected chi connectivity index (χ3v) is 3.80. The lowest BCUT2D eigenvalue weighted by atomic mass is 9.95. The van der Waals surface area contributed by atoms with Gasteiger partial charge in [0.15, 0.2) is 0 Å². The minimum Gasteiger partial charge on any atom is -0.391 e. The summed E-state index contributed by atoms with van der Waals surface area (Å²) in [5.74, 6) is 0.384. The van der Waals surface area contributed by atoms with Crippen LogP contribution in [-0.4, -0.2) is 47.7 Å². The minimum atomic E-state index is -0.404. The molecule has 4 nitrogen and oxygen atoms in total. The van der Waals surface area contributed by atoms with Gasteiger partial charge in [0.05, 0.1) is 18.1 Å². The molecule has 16 heavy (non-hydrogen) atoms. The smallest absolute Gasteiger partial charge is 0.227 e. The molecular formula is C12H22N2O2. The van der Waals surface area contributed by atoms with Crippen LogP contribution in [0.1, 0.15) is 32.6 Å². The van der Waals surface area contributed by atoms with E-state index in [1.165, 1.54) is 0 Å². The van der Waals surface area contributed by atoms with Crippen molar-refractivity contribution in [3.05, 3.63) is 0 Å². The summed E-state index contributed by atoms with van der Waals surface area (Å²) in [6.45, 7) is 4.37. The second-order valence-corrected chi connectivity index (χ2v) is 5.03. The maximum absolute atomic E-state index is 12.3. The highest BCUT2D eigenvalue weighted by atomic mass is 16.3. The second-order valence-electron chi connectivity index (χ2n) is 5.03. The predicted molar refractivity (Wildman–Crippen MR) is 62.0 cm³/mol. The number of carbonyl (C=O) groups is 1. The average molecular weight is 226 g/mol. The Morgan fingerprint density at radius 3 is 2.88 bits per heavy atom. The Kier molecular flexibility index (Phi) is 3.82. The number of likely N-dealkylation sites (tertiary alicyclic amines) is 1. The van der Waals surface area contributed by atoms with Gasteiger partial charge in [0.1, 0.15) is 0 Å². The van der Waals surface area contributed by atoms with Gasteiger partial charge in [-0.2, -0.15) is 0 Å². The Morgan fingerprint density at radius 1 is 1.44 bits per heavy atom. The van der Waals surface area contributed by atoms with Crippen LogP contribution in [0.3, 0.4) is 0 Å². The quantitative estimate of drug-likeness (QED) is 0.715. The highest BCUT2D eigenvalue weighted by Crippen LogP contribution is 2.23. The zero-order chi connectivity index (χ0) is 11.5. The van der Waals surface area contributed by atoms with Gasteiger partial charge < -0.3 is 15.3 Å². The summed E-state index contributed by atoms with van der Waals surface area (Å²) < 4.78 is 0. The molecule has 1 amide bonds. The number of aliphatic hydroxyl groups excluding tert-OH is 1. The molecule has 0 aromatic rings. The van der Waals surface area contributed by atoms with E-state index in [0.29, 0.717) is 0 Å².